The van der Waals surface area contributed by atoms with E-state index in [1.165, 1.54) is 12.1 Å². The summed E-state index contributed by atoms with van der Waals surface area (Å²) < 4.78 is 30.4. The highest BCUT2D eigenvalue weighted by atomic mass is 32.2. The smallest absolute Gasteiger partial charge is 0.340 e. The van der Waals surface area contributed by atoms with Gasteiger partial charge < -0.3 is 9.29 Å². The Hall–Kier alpha value is -2.68. The maximum absolute atomic E-state index is 12.2. The van der Waals surface area contributed by atoms with Gasteiger partial charge in [0.25, 0.3) is 5.56 Å². The van der Waals surface area contributed by atoms with E-state index < -0.39 is 27.7 Å². The molecule has 1 aromatic heterocycles. The first-order chi connectivity index (χ1) is 11.3. The standard InChI is InChI=1S/C15H14N2O6S/c1-9-2-4-10(5-3-9)24(21,22)23-13-8-14(18)17-11(15(19)20)6-7-12(17)16-13/h2-5,8,11H,6-7H2,1H3,(H,19,20)/t11-/m0/s1. The lowest BCUT2D eigenvalue weighted by atomic mass is 10.2. The number of carboxylic acid groups (broad SMARTS) is 1. The van der Waals surface area contributed by atoms with Crippen molar-refractivity contribution in [2.75, 3.05) is 0 Å². The van der Waals surface area contributed by atoms with Crippen molar-refractivity contribution >= 4 is 16.1 Å². The number of hydrogen-bond acceptors (Lipinski definition) is 6. The topological polar surface area (TPSA) is 116 Å². The molecule has 0 saturated heterocycles. The highest BCUT2D eigenvalue weighted by Gasteiger charge is 2.31. The fraction of sp³-hybridized carbons (Fsp3) is 0.267. The zero-order valence-corrected chi connectivity index (χ0v) is 13.5. The number of aromatic nitrogens is 2. The third kappa shape index (κ3) is 2.90. The van der Waals surface area contributed by atoms with E-state index >= 15 is 0 Å². The minimum Gasteiger partial charge on any atom is -0.480 e. The predicted molar refractivity (Wildman–Crippen MR) is 82.5 cm³/mol. The van der Waals surface area contributed by atoms with Gasteiger partial charge >= 0.3 is 16.1 Å². The molecule has 8 nitrogen and oxygen atoms in total. The van der Waals surface area contributed by atoms with Crippen LogP contribution in [0, 0.1) is 6.92 Å². The highest BCUT2D eigenvalue weighted by molar-refractivity contribution is 7.87. The second kappa shape index (κ2) is 5.75. The summed E-state index contributed by atoms with van der Waals surface area (Å²) in [6.07, 6.45) is 0.486. The average Bonchev–Trinajstić information content (AvgIpc) is 2.91. The van der Waals surface area contributed by atoms with Gasteiger partial charge in [-0.05, 0) is 25.5 Å². The number of carbonyl (C=O) groups is 1. The Morgan fingerprint density at radius 1 is 1.33 bits per heavy atom. The van der Waals surface area contributed by atoms with E-state index in [-0.39, 0.29) is 29.4 Å². The number of rotatable bonds is 4. The second-order valence-electron chi connectivity index (χ2n) is 5.46. The molecular formula is C15H14N2O6S. The lowest BCUT2D eigenvalue weighted by molar-refractivity contribution is -0.140. The molecule has 0 unspecified atom stereocenters. The average molecular weight is 350 g/mol. The Morgan fingerprint density at radius 3 is 2.62 bits per heavy atom. The molecule has 0 saturated carbocycles. The van der Waals surface area contributed by atoms with Crippen LogP contribution >= 0.6 is 0 Å². The zero-order valence-electron chi connectivity index (χ0n) is 12.7. The van der Waals surface area contributed by atoms with Crippen LogP contribution in [0.1, 0.15) is 23.9 Å². The van der Waals surface area contributed by atoms with Crippen LogP contribution < -0.4 is 9.74 Å². The Balaban J connectivity index is 1.95. The van der Waals surface area contributed by atoms with Gasteiger partial charge in [0, 0.05) is 6.42 Å². The summed E-state index contributed by atoms with van der Waals surface area (Å²) in [7, 11) is -4.12. The van der Waals surface area contributed by atoms with Crippen molar-refractivity contribution in [3.05, 3.63) is 52.1 Å². The Kier molecular flexibility index (Phi) is 3.88. The third-order valence-corrected chi connectivity index (χ3v) is 4.98. The van der Waals surface area contributed by atoms with E-state index in [1.54, 1.807) is 12.1 Å². The van der Waals surface area contributed by atoms with E-state index in [4.69, 9.17) is 9.29 Å². The van der Waals surface area contributed by atoms with Crippen LogP contribution in [-0.2, 0) is 21.3 Å². The Morgan fingerprint density at radius 2 is 2.00 bits per heavy atom. The minimum absolute atomic E-state index is 0.0566. The van der Waals surface area contributed by atoms with E-state index in [0.29, 0.717) is 0 Å². The maximum atomic E-state index is 12.2. The largest absolute Gasteiger partial charge is 0.480 e. The third-order valence-electron chi connectivity index (χ3n) is 3.74. The van der Waals surface area contributed by atoms with Gasteiger partial charge in [0.2, 0.25) is 5.88 Å². The first-order valence-electron chi connectivity index (χ1n) is 7.14. The summed E-state index contributed by atoms with van der Waals surface area (Å²) in [5.41, 5.74) is 0.238. The molecule has 0 fully saturated rings. The molecular weight excluding hydrogens is 336 g/mol. The summed E-state index contributed by atoms with van der Waals surface area (Å²) in [5, 5.41) is 9.10. The zero-order chi connectivity index (χ0) is 17.5. The lowest BCUT2D eigenvalue weighted by Gasteiger charge is -2.11. The van der Waals surface area contributed by atoms with E-state index in [2.05, 4.69) is 4.98 Å². The molecule has 1 aliphatic rings. The highest BCUT2D eigenvalue weighted by Crippen LogP contribution is 2.24. The molecule has 0 radical (unpaired) electrons. The summed E-state index contributed by atoms with van der Waals surface area (Å²) in [6, 6.07) is 5.94. The van der Waals surface area contributed by atoms with Crippen molar-refractivity contribution in [2.45, 2.75) is 30.7 Å². The van der Waals surface area contributed by atoms with Crippen molar-refractivity contribution in [3.63, 3.8) is 0 Å². The van der Waals surface area contributed by atoms with E-state index in [9.17, 15) is 18.0 Å². The summed E-state index contributed by atoms with van der Waals surface area (Å²) in [5.74, 6) is -1.29. The van der Waals surface area contributed by atoms with Crippen molar-refractivity contribution in [2.24, 2.45) is 0 Å². The first kappa shape index (κ1) is 16.2. The van der Waals surface area contributed by atoms with Gasteiger partial charge in [-0.2, -0.15) is 13.4 Å². The Bertz CT molecular complexity index is 962. The Labute approximate surface area is 137 Å². The molecule has 1 N–H and O–H groups in total. The maximum Gasteiger partial charge on any atom is 0.340 e. The fourth-order valence-corrected chi connectivity index (χ4v) is 3.44. The van der Waals surface area contributed by atoms with Crippen LogP contribution in [0.5, 0.6) is 5.88 Å². The number of nitrogens with zero attached hydrogens (tertiary/aromatic N) is 2. The molecule has 0 spiro atoms. The number of aliphatic carboxylic acids is 1. The van der Waals surface area contributed by atoms with Gasteiger partial charge in [0.05, 0.1) is 6.07 Å². The van der Waals surface area contributed by atoms with E-state index in [1.807, 2.05) is 6.92 Å². The summed E-state index contributed by atoms with van der Waals surface area (Å²) >= 11 is 0. The molecule has 0 aliphatic carbocycles. The summed E-state index contributed by atoms with van der Waals surface area (Å²) in [6.45, 7) is 1.82. The number of fused-ring (bicyclic) bond motifs is 1. The van der Waals surface area contributed by atoms with Crippen LogP contribution in [0.4, 0.5) is 0 Å². The molecule has 2 aromatic rings. The molecule has 2 heterocycles. The van der Waals surface area contributed by atoms with Crippen LogP contribution in [0.15, 0.2) is 40.0 Å². The quantitative estimate of drug-likeness (QED) is 0.814. The lowest BCUT2D eigenvalue weighted by Crippen LogP contribution is -2.28. The van der Waals surface area contributed by atoms with Gasteiger partial charge in [-0.25, -0.2) is 4.79 Å². The van der Waals surface area contributed by atoms with Crippen LogP contribution in [-0.4, -0.2) is 29.0 Å². The minimum atomic E-state index is -4.12. The van der Waals surface area contributed by atoms with Gasteiger partial charge in [0.15, 0.2) is 0 Å². The van der Waals surface area contributed by atoms with Crippen LogP contribution in [0.25, 0.3) is 0 Å². The molecule has 126 valence electrons. The molecule has 0 amide bonds. The monoisotopic (exact) mass is 350 g/mol. The molecule has 9 heteroatoms. The van der Waals surface area contributed by atoms with Gasteiger partial charge in [-0.15, -0.1) is 0 Å². The number of carboxylic acids is 1. The molecule has 1 aliphatic heterocycles. The fourth-order valence-electron chi connectivity index (χ4n) is 2.56. The number of benzene rings is 1. The molecule has 1 aromatic carbocycles. The van der Waals surface area contributed by atoms with Crippen molar-refractivity contribution < 1.29 is 22.5 Å². The van der Waals surface area contributed by atoms with Crippen LogP contribution in [0.3, 0.4) is 0 Å². The van der Waals surface area contributed by atoms with E-state index in [0.717, 1.165) is 16.2 Å². The molecule has 3 rings (SSSR count). The van der Waals surface area contributed by atoms with Crippen molar-refractivity contribution in [1.29, 1.82) is 0 Å². The first-order valence-corrected chi connectivity index (χ1v) is 8.55. The summed E-state index contributed by atoms with van der Waals surface area (Å²) in [4.78, 5) is 27.1. The number of aryl methyl sites for hydroxylation is 2. The normalized spacial score (nSPS) is 16.6. The SMILES string of the molecule is Cc1ccc(S(=O)(=O)Oc2cc(=O)n3c(n2)CC[C@H]3C(=O)O)cc1. The van der Waals surface area contributed by atoms with Crippen LogP contribution in [0.2, 0.25) is 0 Å². The second-order valence-corrected chi connectivity index (χ2v) is 7.01. The molecule has 24 heavy (non-hydrogen) atoms. The predicted octanol–water partition coefficient (Wildman–Crippen LogP) is 0.891. The molecule has 1 atom stereocenters. The van der Waals surface area contributed by atoms with Gasteiger partial charge in [0.1, 0.15) is 16.8 Å². The van der Waals surface area contributed by atoms with Crippen molar-refractivity contribution in [1.82, 2.24) is 9.55 Å². The van der Waals surface area contributed by atoms with Gasteiger partial charge in [-0.1, -0.05) is 17.7 Å². The number of hydrogen-bond donors (Lipinski definition) is 1. The van der Waals surface area contributed by atoms with Crippen molar-refractivity contribution in [3.8, 4) is 5.88 Å². The van der Waals surface area contributed by atoms with Gasteiger partial charge in [-0.3, -0.25) is 9.36 Å². The molecule has 0 bridgehead atoms.